The highest BCUT2D eigenvalue weighted by atomic mass is 16.6. The molecule has 1 saturated heterocycles. The van der Waals surface area contributed by atoms with Crippen molar-refractivity contribution >= 4 is 29.4 Å². The Bertz CT molecular complexity index is 701. The Labute approximate surface area is 135 Å². The average molecular weight is 338 g/mol. The van der Waals surface area contributed by atoms with Crippen LogP contribution in [0.5, 0.6) is 0 Å². The van der Waals surface area contributed by atoms with Crippen LogP contribution in [0.3, 0.4) is 0 Å². The van der Waals surface area contributed by atoms with E-state index < -0.39 is 49.0 Å². The molecule has 0 radical (unpaired) electrons. The van der Waals surface area contributed by atoms with Gasteiger partial charge in [0.2, 0.25) is 12.2 Å². The molecule has 0 spiro atoms. The number of ether oxygens (including phenoxy) is 1. The molecular formula is C13H16N5O6+. The molecule has 0 aromatic rings. The summed E-state index contributed by atoms with van der Waals surface area (Å²) in [7, 11) is 0. The third-order valence-corrected chi connectivity index (χ3v) is 3.89. The second kappa shape index (κ2) is 5.87. The van der Waals surface area contributed by atoms with Crippen molar-refractivity contribution in [3.05, 3.63) is 12.7 Å². The lowest BCUT2D eigenvalue weighted by Crippen LogP contribution is -2.53. The first-order valence-electron chi connectivity index (χ1n) is 7.10. The number of carbonyl (C=O) groups is 2. The topological polar surface area (TPSA) is 159 Å². The number of hydrogen-bond acceptors (Lipinski definition) is 7. The number of hydrogen-bond donors (Lipinski definition) is 5. The average Bonchev–Trinajstić information content (AvgIpc) is 2.96. The van der Waals surface area contributed by atoms with Gasteiger partial charge in [-0.1, -0.05) is 12.7 Å². The van der Waals surface area contributed by atoms with Crippen LogP contribution in [0.15, 0.2) is 17.6 Å². The summed E-state index contributed by atoms with van der Waals surface area (Å²) in [5.41, 5.74) is -0.103. The van der Waals surface area contributed by atoms with Crippen LogP contribution in [0.1, 0.15) is 0 Å². The largest absolute Gasteiger partial charge is 0.503 e. The van der Waals surface area contributed by atoms with Gasteiger partial charge in [-0.15, -0.1) is 4.90 Å². The van der Waals surface area contributed by atoms with Gasteiger partial charge in [0.15, 0.2) is 0 Å². The molecule has 128 valence electrons. The van der Waals surface area contributed by atoms with Crippen molar-refractivity contribution in [3.63, 3.8) is 0 Å². The summed E-state index contributed by atoms with van der Waals surface area (Å²) in [4.78, 5) is 29.5. The molecule has 3 heterocycles. The van der Waals surface area contributed by atoms with Crippen LogP contribution >= 0.6 is 0 Å². The minimum Gasteiger partial charge on any atom is -0.394 e. The second-order valence-electron chi connectivity index (χ2n) is 5.37. The quantitative estimate of drug-likeness (QED) is 0.271. The van der Waals surface area contributed by atoms with E-state index in [1.165, 1.54) is 6.08 Å². The fourth-order valence-electron chi connectivity index (χ4n) is 2.80. The van der Waals surface area contributed by atoms with Crippen LogP contribution < -0.4 is 5.32 Å². The van der Waals surface area contributed by atoms with Gasteiger partial charge in [0.25, 0.3) is 11.5 Å². The van der Waals surface area contributed by atoms with E-state index in [9.17, 15) is 24.9 Å². The second-order valence-corrected chi connectivity index (χ2v) is 5.37. The summed E-state index contributed by atoms with van der Waals surface area (Å²) >= 11 is 0. The van der Waals surface area contributed by atoms with Crippen molar-refractivity contribution in [1.82, 2.24) is 10.2 Å². The molecule has 0 unspecified atom stereocenters. The van der Waals surface area contributed by atoms with Gasteiger partial charge >= 0.3 is 11.9 Å². The molecule has 0 aliphatic carbocycles. The van der Waals surface area contributed by atoms with E-state index in [-0.39, 0.29) is 18.1 Å². The Hall–Kier alpha value is -2.47. The summed E-state index contributed by atoms with van der Waals surface area (Å²) in [5.74, 6) is -1.33. The molecule has 11 heteroatoms. The Kier molecular flexibility index (Phi) is 4.01. The fourth-order valence-corrected chi connectivity index (χ4v) is 2.80. The highest BCUT2D eigenvalue weighted by Crippen LogP contribution is 2.27. The van der Waals surface area contributed by atoms with Gasteiger partial charge in [0.05, 0.1) is 6.61 Å². The first-order chi connectivity index (χ1) is 11.4. The number of aliphatic hydroxyl groups is 3. The Morgan fingerprint density at radius 1 is 1.42 bits per heavy atom. The van der Waals surface area contributed by atoms with Crippen LogP contribution in [0, 0.1) is 5.41 Å². The number of urea groups is 1. The van der Waals surface area contributed by atoms with E-state index in [0.717, 1.165) is 9.48 Å². The van der Waals surface area contributed by atoms with Gasteiger partial charge in [0, 0.05) is 0 Å². The number of amides is 3. The van der Waals surface area contributed by atoms with Crippen molar-refractivity contribution in [2.75, 3.05) is 13.2 Å². The molecule has 3 amide bonds. The van der Waals surface area contributed by atoms with Crippen molar-refractivity contribution in [3.8, 4) is 0 Å². The van der Waals surface area contributed by atoms with Crippen molar-refractivity contribution in [1.29, 1.82) is 5.41 Å². The number of nitrogens with one attached hydrogen (secondary N) is 2. The molecule has 4 atom stereocenters. The van der Waals surface area contributed by atoms with Gasteiger partial charge in [-0.2, -0.15) is 14.4 Å². The summed E-state index contributed by atoms with van der Waals surface area (Å²) in [6.45, 7) is 2.95. The molecule has 0 saturated carbocycles. The van der Waals surface area contributed by atoms with E-state index in [2.05, 4.69) is 16.9 Å². The van der Waals surface area contributed by atoms with E-state index in [1.54, 1.807) is 0 Å². The predicted octanol–water partition coefficient (Wildman–Crippen LogP) is -3.04. The molecule has 0 aromatic carbocycles. The maximum Gasteiger partial charge on any atom is 0.503 e. The standard InChI is InChI=1S/C13H15N5O6/c1-2-3-17-6-9(15-12(14)16-10(6)22)18(13(17)23)11-8(21)7(20)5(4-19)24-11/h2,5,7-8,11,19-21H,1,3-4H2,(H-,14,16,22)/p+1/t5-,7-,8-,11-/m1/s1. The summed E-state index contributed by atoms with van der Waals surface area (Å²) in [6, 6.07) is -0.719. The Morgan fingerprint density at radius 2 is 2.12 bits per heavy atom. The Balaban J connectivity index is 2.04. The third kappa shape index (κ3) is 2.26. The third-order valence-electron chi connectivity index (χ3n) is 3.89. The number of fused-ring (bicyclic) bond motifs is 1. The highest BCUT2D eigenvalue weighted by molar-refractivity contribution is 6.70. The van der Waals surface area contributed by atoms with Crippen LogP contribution in [0.2, 0.25) is 0 Å². The number of amidine groups is 1. The molecule has 0 bridgehead atoms. The summed E-state index contributed by atoms with van der Waals surface area (Å²) in [6.07, 6.45) is -3.98. The number of guanidine groups is 1. The van der Waals surface area contributed by atoms with Crippen molar-refractivity contribution in [2.24, 2.45) is 4.99 Å². The molecule has 1 fully saturated rings. The minimum atomic E-state index is -1.52. The molecule has 3 aliphatic heterocycles. The molecule has 0 aromatic heterocycles. The SMILES string of the molecule is C=CC[N+]1=C2C(=O)NC(=N)N=C2N([C@@H]2O[C@H](CO)[C@@H](O)[C@H]2O)C1=O. The van der Waals surface area contributed by atoms with Gasteiger partial charge < -0.3 is 20.1 Å². The number of carbonyl (C=O) groups excluding carboxylic acids is 2. The Morgan fingerprint density at radius 3 is 2.71 bits per heavy atom. The van der Waals surface area contributed by atoms with Gasteiger partial charge in [-0.05, 0) is 0 Å². The maximum absolute atomic E-state index is 12.7. The molecule has 3 rings (SSSR count). The normalized spacial score (nSPS) is 32.9. The molecule has 11 nitrogen and oxygen atoms in total. The predicted molar refractivity (Wildman–Crippen MR) is 78.6 cm³/mol. The minimum absolute atomic E-state index is 0.000757. The molecular weight excluding hydrogens is 322 g/mol. The first-order valence-corrected chi connectivity index (χ1v) is 7.10. The fraction of sp³-hybridized carbons (Fsp3) is 0.462. The van der Waals surface area contributed by atoms with Gasteiger partial charge in [-0.3, -0.25) is 15.5 Å². The van der Waals surface area contributed by atoms with Crippen LogP contribution in [0.4, 0.5) is 4.79 Å². The van der Waals surface area contributed by atoms with E-state index >= 15 is 0 Å². The lowest BCUT2D eigenvalue weighted by molar-refractivity contribution is -0.417. The van der Waals surface area contributed by atoms with E-state index in [1.807, 2.05) is 0 Å². The van der Waals surface area contributed by atoms with Gasteiger partial charge in [0.1, 0.15) is 24.9 Å². The van der Waals surface area contributed by atoms with Gasteiger partial charge in [-0.25, -0.2) is 0 Å². The number of aliphatic imine (C=N–C) groups is 1. The lowest BCUT2D eigenvalue weighted by atomic mass is 10.1. The van der Waals surface area contributed by atoms with Crippen molar-refractivity contribution in [2.45, 2.75) is 24.5 Å². The zero-order valence-corrected chi connectivity index (χ0v) is 12.4. The van der Waals surface area contributed by atoms with Crippen LogP contribution in [0.25, 0.3) is 0 Å². The summed E-state index contributed by atoms with van der Waals surface area (Å²) < 4.78 is 6.41. The maximum atomic E-state index is 12.7. The zero-order chi connectivity index (χ0) is 17.6. The number of nitrogens with zero attached hydrogens (tertiary/aromatic N) is 3. The van der Waals surface area contributed by atoms with Crippen LogP contribution in [-0.2, 0) is 9.53 Å². The lowest BCUT2D eigenvalue weighted by Gasteiger charge is -2.20. The smallest absolute Gasteiger partial charge is 0.394 e. The van der Waals surface area contributed by atoms with E-state index in [0.29, 0.717) is 0 Å². The molecule has 24 heavy (non-hydrogen) atoms. The monoisotopic (exact) mass is 338 g/mol. The number of aliphatic hydroxyl groups excluding tert-OH is 3. The number of rotatable bonds is 4. The zero-order valence-electron chi connectivity index (χ0n) is 12.4. The molecule has 5 N–H and O–H groups in total. The summed E-state index contributed by atoms with van der Waals surface area (Å²) in [5, 5.41) is 38.9. The van der Waals surface area contributed by atoms with Crippen molar-refractivity contribution < 1.29 is 34.2 Å². The van der Waals surface area contributed by atoms with E-state index in [4.69, 9.17) is 10.1 Å². The highest BCUT2D eigenvalue weighted by Gasteiger charge is 2.59. The first kappa shape index (κ1) is 16.4. The molecule has 3 aliphatic rings. The van der Waals surface area contributed by atoms with Crippen LogP contribution in [-0.4, -0.2) is 91.9 Å².